The second kappa shape index (κ2) is 9.83. The van der Waals surface area contributed by atoms with Gasteiger partial charge in [0.05, 0.1) is 13.9 Å². The number of aliphatic hydroxyl groups excluding tert-OH is 1. The molecule has 0 saturated heterocycles. The number of hydrogen-bond donors (Lipinski definition) is 2. The van der Waals surface area contributed by atoms with E-state index in [0.29, 0.717) is 18.4 Å². The second-order valence-electron chi connectivity index (χ2n) is 10.3. The van der Waals surface area contributed by atoms with Crippen molar-refractivity contribution in [3.8, 4) is 0 Å². The summed E-state index contributed by atoms with van der Waals surface area (Å²) in [5.41, 5.74) is -6.03. The maximum Gasteiger partial charge on any atom is 1.00 e. The third-order valence-electron chi connectivity index (χ3n) is 9.00. The summed E-state index contributed by atoms with van der Waals surface area (Å²) in [5.74, 6) is -3.06. The first-order valence-corrected chi connectivity index (χ1v) is 12.3. The summed E-state index contributed by atoms with van der Waals surface area (Å²) in [4.78, 5) is 46.6. The van der Waals surface area contributed by atoms with E-state index in [2.05, 4.69) is 4.52 Å². The van der Waals surface area contributed by atoms with Gasteiger partial charge in [0.1, 0.15) is 12.2 Å². The van der Waals surface area contributed by atoms with Crippen molar-refractivity contribution in [2.75, 3.05) is 6.61 Å². The topological polar surface area (TPSA) is 147 Å². The van der Waals surface area contributed by atoms with E-state index in [-0.39, 0.29) is 77.7 Å². The molecule has 4 aliphatic rings. The van der Waals surface area contributed by atoms with Gasteiger partial charge in [0.15, 0.2) is 17.2 Å². The van der Waals surface area contributed by atoms with Crippen molar-refractivity contribution < 1.29 is 102 Å². The number of Topliss-reactive ketones (excluding diaryl/α,β-unsaturated/α-hetero) is 1. The first-order chi connectivity index (χ1) is 14.6. The monoisotopic (exact) mass is 516 g/mol. The molecular formula is C22H28FNa2O8P. The standard InChI is InChI=1S/C22H30FO8P.2Na/c1-12-8-16-15-5-4-13-9-14(24)6-7-19(13,2)21(15,23)17(25)10-20(16,3)22(12,27)18(26)11-31-32(28,29)30;;/h6-7,9,12,15-17,25,27H,4-5,8,10-11H2,1-3H3,(H2,28,29,30);;/q;2*+1/p-2/t12-,15?,16?,17+,19+,20+,21?,22+;;/m1../s1. The van der Waals surface area contributed by atoms with Crippen LogP contribution in [0.2, 0.25) is 0 Å². The molecule has 0 bridgehead atoms. The average Bonchev–Trinajstić information content (AvgIpc) is 2.89. The van der Waals surface area contributed by atoms with E-state index in [9.17, 15) is 34.2 Å². The number of halogens is 1. The number of fused-ring (bicyclic) bond motifs is 5. The molecule has 8 atom stereocenters. The third kappa shape index (κ3) is 4.20. The smallest absolute Gasteiger partial charge is 0.790 e. The molecule has 0 aromatic rings. The Balaban J connectivity index is 0.00000204. The number of rotatable bonds is 4. The minimum atomic E-state index is -5.43. The Kier molecular flexibility index (Phi) is 8.96. The molecule has 2 N–H and O–H groups in total. The summed E-state index contributed by atoms with van der Waals surface area (Å²) in [6, 6.07) is 0. The first kappa shape index (κ1) is 31.0. The van der Waals surface area contributed by atoms with Crippen LogP contribution in [0.5, 0.6) is 0 Å². The van der Waals surface area contributed by atoms with Crippen molar-refractivity contribution in [2.24, 2.45) is 28.6 Å². The Morgan fingerprint density at radius 3 is 2.50 bits per heavy atom. The molecule has 0 heterocycles. The Bertz CT molecular complexity index is 984. The fourth-order valence-electron chi connectivity index (χ4n) is 7.39. The van der Waals surface area contributed by atoms with Crippen LogP contribution in [-0.2, 0) is 18.7 Å². The zero-order chi connectivity index (χ0) is 23.9. The summed E-state index contributed by atoms with van der Waals surface area (Å²) >= 11 is 0. The fourth-order valence-corrected chi connectivity index (χ4v) is 7.66. The van der Waals surface area contributed by atoms with E-state index >= 15 is 4.39 Å². The maximum absolute atomic E-state index is 17.0. The van der Waals surface area contributed by atoms with Crippen LogP contribution in [0.25, 0.3) is 0 Å². The number of aliphatic hydroxyl groups is 2. The zero-order valence-corrected chi connectivity index (χ0v) is 25.1. The van der Waals surface area contributed by atoms with Gasteiger partial charge in [-0.3, -0.25) is 9.59 Å². The van der Waals surface area contributed by atoms with Crippen LogP contribution in [0.1, 0.15) is 46.5 Å². The number of carbonyl (C=O) groups is 2. The molecule has 4 aliphatic carbocycles. The molecule has 178 valence electrons. The van der Waals surface area contributed by atoms with Gasteiger partial charge in [-0.2, -0.15) is 0 Å². The molecule has 3 fully saturated rings. The minimum absolute atomic E-state index is 0. The van der Waals surface area contributed by atoms with Gasteiger partial charge in [-0.25, -0.2) is 4.39 Å². The van der Waals surface area contributed by atoms with Gasteiger partial charge in [-0.1, -0.05) is 25.5 Å². The van der Waals surface area contributed by atoms with Crippen LogP contribution >= 0.6 is 7.82 Å². The minimum Gasteiger partial charge on any atom is -0.790 e. The van der Waals surface area contributed by atoms with Gasteiger partial charge in [-0.15, -0.1) is 0 Å². The summed E-state index contributed by atoms with van der Waals surface area (Å²) in [6.45, 7) is 3.80. The molecule has 0 aromatic heterocycles. The molecule has 34 heavy (non-hydrogen) atoms. The van der Waals surface area contributed by atoms with E-state index in [1.807, 2.05) is 0 Å². The van der Waals surface area contributed by atoms with E-state index in [0.717, 1.165) is 0 Å². The molecule has 3 saturated carbocycles. The number of alkyl halides is 1. The van der Waals surface area contributed by atoms with Crippen molar-refractivity contribution >= 4 is 19.4 Å². The summed E-state index contributed by atoms with van der Waals surface area (Å²) in [6.07, 6.45) is 3.54. The number of allylic oxidation sites excluding steroid dienone is 4. The first-order valence-electron chi connectivity index (χ1n) is 10.8. The normalized spacial score (nSPS) is 45.2. The van der Waals surface area contributed by atoms with Crippen molar-refractivity contribution in [2.45, 2.75) is 63.8 Å². The van der Waals surface area contributed by atoms with E-state index in [4.69, 9.17) is 0 Å². The van der Waals surface area contributed by atoms with Gasteiger partial charge >= 0.3 is 59.1 Å². The van der Waals surface area contributed by atoms with Crippen LogP contribution in [0, 0.1) is 28.6 Å². The van der Waals surface area contributed by atoms with Gasteiger partial charge in [0, 0.05) is 16.7 Å². The van der Waals surface area contributed by atoms with Crippen molar-refractivity contribution in [1.82, 2.24) is 0 Å². The molecule has 0 aromatic carbocycles. The SMILES string of the molecule is C[C@@H]1CC2C3CCC4=CC(=O)C=C[C@]4(C)C3(F)[C@@H](O)C[C@]2(C)[C@@]1(O)C(=O)COP(=O)([O-])[O-].[Na+].[Na+]. The number of hydrogen-bond acceptors (Lipinski definition) is 8. The van der Waals surface area contributed by atoms with Gasteiger partial charge in [-0.05, 0) is 56.6 Å². The van der Waals surface area contributed by atoms with Gasteiger partial charge in [0.2, 0.25) is 0 Å². The van der Waals surface area contributed by atoms with E-state index in [1.165, 1.54) is 18.2 Å². The molecule has 12 heteroatoms. The molecule has 0 spiro atoms. The quantitative estimate of drug-likeness (QED) is 0.279. The van der Waals surface area contributed by atoms with Crippen molar-refractivity contribution in [1.29, 1.82) is 0 Å². The fraction of sp³-hybridized carbons (Fsp3) is 0.727. The molecule has 0 amide bonds. The second-order valence-corrected chi connectivity index (χ2v) is 11.5. The van der Waals surface area contributed by atoms with E-state index < -0.39 is 66.2 Å². The van der Waals surface area contributed by atoms with Crippen molar-refractivity contribution in [3.05, 3.63) is 23.8 Å². The number of carbonyl (C=O) groups excluding carboxylic acids is 2. The van der Waals surface area contributed by atoms with Crippen LogP contribution in [0.3, 0.4) is 0 Å². The summed E-state index contributed by atoms with van der Waals surface area (Å²) in [5, 5.41) is 22.8. The summed E-state index contributed by atoms with van der Waals surface area (Å²) < 4.78 is 32.0. The molecule has 0 radical (unpaired) electrons. The Hall–Kier alpha value is 0.780. The van der Waals surface area contributed by atoms with Crippen LogP contribution < -0.4 is 68.9 Å². The largest absolute Gasteiger partial charge is 1.00 e. The predicted molar refractivity (Wildman–Crippen MR) is 106 cm³/mol. The van der Waals surface area contributed by atoms with E-state index in [1.54, 1.807) is 20.8 Å². The van der Waals surface area contributed by atoms with Crippen LogP contribution in [0.4, 0.5) is 4.39 Å². The van der Waals surface area contributed by atoms with Crippen LogP contribution in [-0.4, -0.2) is 45.8 Å². The number of ketones is 2. The average molecular weight is 516 g/mol. The zero-order valence-electron chi connectivity index (χ0n) is 20.2. The van der Waals surface area contributed by atoms with Gasteiger partial charge in [0.25, 0.3) is 0 Å². The van der Waals surface area contributed by atoms with Crippen molar-refractivity contribution in [3.63, 3.8) is 0 Å². The predicted octanol–water partition coefficient (Wildman–Crippen LogP) is -5.24. The molecule has 8 nitrogen and oxygen atoms in total. The number of phosphoric ester groups is 1. The summed E-state index contributed by atoms with van der Waals surface area (Å²) in [7, 11) is -5.43. The molecular weight excluding hydrogens is 488 g/mol. The van der Waals surface area contributed by atoms with Gasteiger partial charge < -0.3 is 29.1 Å². The Morgan fingerprint density at radius 2 is 1.91 bits per heavy atom. The van der Waals surface area contributed by atoms with Crippen LogP contribution in [0.15, 0.2) is 23.8 Å². The number of phosphoric acid groups is 1. The molecule has 4 rings (SSSR count). The maximum atomic E-state index is 17.0. The Labute approximate surface area is 242 Å². The molecule has 3 unspecified atom stereocenters. The third-order valence-corrected chi connectivity index (χ3v) is 9.45. The molecule has 0 aliphatic heterocycles. The Morgan fingerprint density at radius 1 is 1.29 bits per heavy atom.